The van der Waals surface area contributed by atoms with E-state index < -0.39 is 6.04 Å². The third-order valence-corrected chi connectivity index (χ3v) is 9.28. The first kappa shape index (κ1) is 23.3. The van der Waals surface area contributed by atoms with E-state index in [-0.39, 0.29) is 51.9 Å². The summed E-state index contributed by atoms with van der Waals surface area (Å²) in [6, 6.07) is 22.3. The van der Waals surface area contributed by atoms with Crippen molar-refractivity contribution in [1.82, 2.24) is 0 Å². The van der Waals surface area contributed by atoms with Gasteiger partial charge in [0.25, 0.3) is 0 Å². The van der Waals surface area contributed by atoms with E-state index in [0.29, 0.717) is 16.7 Å². The van der Waals surface area contributed by atoms with Crippen LogP contribution in [0.4, 0.5) is 0 Å². The Balaban J connectivity index is 1.60. The van der Waals surface area contributed by atoms with Gasteiger partial charge in [-0.25, -0.2) is 0 Å². The van der Waals surface area contributed by atoms with Crippen LogP contribution >= 0.6 is 0 Å². The van der Waals surface area contributed by atoms with Crippen LogP contribution < -0.4 is 0 Å². The van der Waals surface area contributed by atoms with Gasteiger partial charge in [0.2, 0.25) is 0 Å². The number of hydrogen-bond acceptors (Lipinski definition) is 1. The summed E-state index contributed by atoms with van der Waals surface area (Å²) >= 11 is 0. The maximum Gasteiger partial charge on any atom is 0.136 e. The second kappa shape index (κ2) is 9.70. The molecule has 0 saturated carbocycles. The van der Waals surface area contributed by atoms with Crippen LogP contribution in [0.25, 0.3) is 44.2 Å². The minimum Gasteiger partial charge on any atom is -0.456 e. The summed E-state index contributed by atoms with van der Waals surface area (Å²) < 4.78 is 49.3. The molecule has 222 valence electrons. The minimum atomic E-state index is -0.400. The summed E-state index contributed by atoms with van der Waals surface area (Å²) in [5.74, 6) is -0.0236. The molecule has 0 fully saturated rings. The highest BCUT2D eigenvalue weighted by atomic mass is 16.3. The Kier molecular flexibility index (Phi) is 5.14. The number of hydrogen-bond donors (Lipinski definition) is 0. The normalized spacial score (nSPS) is 15.5. The molecule has 0 unspecified atom stereocenters. The maximum absolute atomic E-state index is 8.85. The largest absolute Gasteiger partial charge is 0.456 e. The molecule has 0 saturated heterocycles. The molecule has 1 nitrogen and oxygen atoms in total. The summed E-state index contributed by atoms with van der Waals surface area (Å²) in [5, 5.41) is 1.70. The fraction of sp³-hybridized carbons (Fsp3) is 0.302. The van der Waals surface area contributed by atoms with Crippen LogP contribution in [0.2, 0.25) is 0 Å². The third kappa shape index (κ3) is 4.52. The Morgan fingerprint density at radius 3 is 1.64 bits per heavy atom. The van der Waals surface area contributed by atoms with E-state index in [1.165, 1.54) is 38.9 Å². The predicted octanol–water partition coefficient (Wildman–Crippen LogP) is 12.3. The van der Waals surface area contributed by atoms with Gasteiger partial charge in [-0.3, -0.25) is 0 Å². The molecule has 1 aliphatic rings. The van der Waals surface area contributed by atoms with Gasteiger partial charge in [-0.1, -0.05) is 147 Å². The molecular weight excluding hydrogens is 532 g/mol. The van der Waals surface area contributed by atoms with Gasteiger partial charge < -0.3 is 4.42 Å². The van der Waals surface area contributed by atoms with Crippen LogP contribution in [0, 0.1) is 0 Å². The molecule has 1 aromatic heterocycles. The topological polar surface area (TPSA) is 13.1 Å². The van der Waals surface area contributed by atoms with Crippen LogP contribution in [0.3, 0.4) is 0 Å². The Labute approximate surface area is 270 Å². The van der Waals surface area contributed by atoms with Gasteiger partial charge in [0.15, 0.2) is 0 Å². The van der Waals surface area contributed by atoms with Crippen molar-refractivity contribution in [3.8, 4) is 22.3 Å². The second-order valence-electron chi connectivity index (χ2n) is 15.5. The van der Waals surface area contributed by atoms with Gasteiger partial charge in [0.1, 0.15) is 11.2 Å². The standard InChI is InChI=1S/C43H44O/c1-41(2,3)27-18-20-30-33(24-27)34-25-28(42(4,5)6)19-21-31(34)37(30)32-22-23-36-39(40(32)43(7,8)9)38-29(16-13-17-35(38)44-36)26-14-11-10-12-15-26/h10-25,37H,1-9H3/i10D,11D,12D,14D,15D. The second-order valence-corrected chi connectivity index (χ2v) is 15.5. The predicted molar refractivity (Wildman–Crippen MR) is 188 cm³/mol. The van der Waals surface area contributed by atoms with Gasteiger partial charge in [-0.15, -0.1) is 0 Å². The molecule has 0 N–H and O–H groups in total. The van der Waals surface area contributed by atoms with E-state index in [2.05, 4.69) is 111 Å². The molecule has 0 atom stereocenters. The van der Waals surface area contributed by atoms with Gasteiger partial charge in [-0.2, -0.15) is 0 Å². The summed E-state index contributed by atoms with van der Waals surface area (Å²) in [5.41, 5.74) is 11.8. The third-order valence-electron chi connectivity index (χ3n) is 9.28. The SMILES string of the molecule is [2H]c1c([2H])c([2H])c(-c2cccc3oc4ccc(C5c6ccc(C(C)(C)C)cc6-c6cc(C(C)(C)C)ccc65)c(C(C)(C)C)c4c23)c([2H])c1[2H]. The van der Waals surface area contributed by atoms with Crippen LogP contribution in [0.1, 0.15) is 108 Å². The molecule has 1 heteroatoms. The molecule has 0 aliphatic heterocycles. The fourth-order valence-corrected chi connectivity index (χ4v) is 7.09. The molecule has 7 rings (SSSR count). The van der Waals surface area contributed by atoms with Gasteiger partial charge >= 0.3 is 0 Å². The molecule has 5 aromatic carbocycles. The first-order valence-corrected chi connectivity index (χ1v) is 15.7. The molecule has 1 aliphatic carbocycles. The van der Waals surface area contributed by atoms with Gasteiger partial charge in [0.05, 0.1) is 6.85 Å². The molecule has 0 bridgehead atoms. The Bertz CT molecular complexity index is 2250. The number of furan rings is 1. The summed E-state index contributed by atoms with van der Waals surface area (Å²) in [6.07, 6.45) is 0. The zero-order valence-electron chi connectivity index (χ0n) is 32.3. The molecule has 1 heterocycles. The summed E-state index contributed by atoms with van der Waals surface area (Å²) in [6.45, 7) is 20.2. The summed E-state index contributed by atoms with van der Waals surface area (Å²) in [4.78, 5) is 0. The molecule has 0 spiro atoms. The Morgan fingerprint density at radius 2 is 1.09 bits per heavy atom. The van der Waals surface area contributed by atoms with E-state index in [1.807, 2.05) is 18.2 Å². The lowest BCUT2D eigenvalue weighted by Crippen LogP contribution is -2.17. The van der Waals surface area contributed by atoms with Crippen molar-refractivity contribution >= 4 is 21.9 Å². The Morgan fingerprint density at radius 1 is 0.545 bits per heavy atom. The van der Waals surface area contributed by atoms with E-state index in [1.54, 1.807) is 0 Å². The number of rotatable bonds is 2. The quantitative estimate of drug-likeness (QED) is 0.198. The average Bonchev–Trinajstić information content (AvgIpc) is 3.56. The highest BCUT2D eigenvalue weighted by Crippen LogP contribution is 2.53. The first-order valence-electron chi connectivity index (χ1n) is 18.2. The zero-order valence-corrected chi connectivity index (χ0v) is 27.3. The number of fused-ring (bicyclic) bond motifs is 6. The van der Waals surface area contributed by atoms with Crippen molar-refractivity contribution in [2.24, 2.45) is 0 Å². The smallest absolute Gasteiger partial charge is 0.136 e. The van der Waals surface area contributed by atoms with Crippen LogP contribution in [-0.4, -0.2) is 0 Å². The monoisotopic (exact) mass is 581 g/mol. The van der Waals surface area contributed by atoms with E-state index >= 15 is 0 Å². The minimum absolute atomic E-state index is 0.0000925. The lowest BCUT2D eigenvalue weighted by Gasteiger charge is -2.28. The van der Waals surface area contributed by atoms with Gasteiger partial charge in [0, 0.05) is 16.7 Å². The molecule has 44 heavy (non-hydrogen) atoms. The van der Waals surface area contributed by atoms with Crippen molar-refractivity contribution < 1.29 is 11.3 Å². The number of benzene rings is 5. The van der Waals surface area contributed by atoms with E-state index in [0.717, 1.165) is 16.3 Å². The summed E-state index contributed by atoms with van der Waals surface area (Å²) in [7, 11) is 0. The zero-order chi connectivity index (χ0) is 35.5. The van der Waals surface area contributed by atoms with E-state index in [9.17, 15) is 0 Å². The van der Waals surface area contributed by atoms with Gasteiger partial charge in [-0.05, 0) is 84.0 Å². The van der Waals surface area contributed by atoms with Crippen molar-refractivity contribution in [3.05, 3.63) is 130 Å². The lowest BCUT2D eigenvalue weighted by molar-refractivity contribution is 0.585. The molecule has 0 amide bonds. The van der Waals surface area contributed by atoms with Crippen LogP contribution in [-0.2, 0) is 16.2 Å². The highest BCUT2D eigenvalue weighted by molar-refractivity contribution is 6.14. The molecular formula is C43H44O. The fourth-order valence-electron chi connectivity index (χ4n) is 7.09. The lowest BCUT2D eigenvalue weighted by atomic mass is 9.74. The highest BCUT2D eigenvalue weighted by Gasteiger charge is 2.36. The molecule has 6 aromatic rings. The van der Waals surface area contributed by atoms with Crippen LogP contribution in [0.15, 0.2) is 101 Å². The molecule has 0 radical (unpaired) electrons. The Hall–Kier alpha value is -4.10. The van der Waals surface area contributed by atoms with Crippen molar-refractivity contribution in [2.45, 2.75) is 84.5 Å². The first-order chi connectivity index (χ1) is 22.8. The van der Waals surface area contributed by atoms with Crippen molar-refractivity contribution in [1.29, 1.82) is 0 Å². The van der Waals surface area contributed by atoms with E-state index in [4.69, 9.17) is 11.3 Å². The van der Waals surface area contributed by atoms with Crippen molar-refractivity contribution in [3.63, 3.8) is 0 Å². The van der Waals surface area contributed by atoms with Crippen molar-refractivity contribution in [2.75, 3.05) is 0 Å². The maximum atomic E-state index is 8.85. The van der Waals surface area contributed by atoms with Crippen LogP contribution in [0.5, 0.6) is 0 Å². The average molecular weight is 582 g/mol.